The molecule has 1 aliphatic carbocycles. The van der Waals surface area contributed by atoms with Gasteiger partial charge in [0.05, 0.1) is 10.5 Å². The van der Waals surface area contributed by atoms with Crippen LogP contribution < -0.4 is 5.32 Å². The maximum atomic E-state index is 10.9. The highest BCUT2D eigenvalue weighted by molar-refractivity contribution is 5.89. The summed E-state index contributed by atoms with van der Waals surface area (Å²) >= 11 is 0. The van der Waals surface area contributed by atoms with E-state index in [1.54, 1.807) is 0 Å². The first-order valence-electron chi connectivity index (χ1n) is 6.33. The monoisotopic (exact) mass is 264 g/mol. The number of benzene rings is 1. The first-order chi connectivity index (χ1) is 9.08. The molecular formula is C13H16N2O4. The summed E-state index contributed by atoms with van der Waals surface area (Å²) in [5, 5.41) is 22.8. The van der Waals surface area contributed by atoms with Gasteiger partial charge in [0.15, 0.2) is 0 Å². The quantitative estimate of drug-likeness (QED) is 0.448. The number of rotatable bonds is 7. The number of nitrogens with one attached hydrogen (secondary N) is 1. The summed E-state index contributed by atoms with van der Waals surface area (Å²) in [4.78, 5) is 21.1. The van der Waals surface area contributed by atoms with Gasteiger partial charge < -0.3 is 10.4 Å². The molecule has 0 aliphatic heterocycles. The highest BCUT2D eigenvalue weighted by Gasteiger charge is 2.20. The van der Waals surface area contributed by atoms with Gasteiger partial charge >= 0.3 is 5.97 Å². The first kappa shape index (κ1) is 13.3. The molecule has 0 radical (unpaired) electrons. The van der Waals surface area contributed by atoms with Gasteiger partial charge in [0, 0.05) is 12.6 Å². The average Bonchev–Trinajstić information content (AvgIpc) is 3.18. The van der Waals surface area contributed by atoms with Crippen molar-refractivity contribution >= 4 is 17.3 Å². The molecule has 1 aromatic carbocycles. The van der Waals surface area contributed by atoms with E-state index in [9.17, 15) is 14.9 Å². The number of hydrogen-bond acceptors (Lipinski definition) is 4. The molecule has 19 heavy (non-hydrogen) atoms. The van der Waals surface area contributed by atoms with Crippen molar-refractivity contribution in [2.75, 3.05) is 11.9 Å². The minimum Gasteiger partial charge on any atom is -0.478 e. The topological polar surface area (TPSA) is 92.5 Å². The molecule has 0 unspecified atom stereocenters. The fourth-order valence-corrected chi connectivity index (χ4v) is 1.99. The molecule has 2 N–H and O–H groups in total. The Labute approximate surface area is 110 Å². The molecule has 6 nitrogen and oxygen atoms in total. The van der Waals surface area contributed by atoms with Gasteiger partial charge in [0.1, 0.15) is 5.69 Å². The highest BCUT2D eigenvalue weighted by Crippen LogP contribution is 2.33. The van der Waals surface area contributed by atoms with E-state index in [1.165, 1.54) is 25.0 Å². The Kier molecular flexibility index (Phi) is 3.99. The molecule has 6 heteroatoms. The van der Waals surface area contributed by atoms with Crippen LogP contribution in [-0.4, -0.2) is 22.5 Å². The van der Waals surface area contributed by atoms with Crippen molar-refractivity contribution in [3.8, 4) is 0 Å². The van der Waals surface area contributed by atoms with Crippen LogP contribution in [0.1, 0.15) is 36.0 Å². The number of nitro groups is 1. The largest absolute Gasteiger partial charge is 0.478 e. The number of anilines is 1. The maximum absolute atomic E-state index is 10.9. The smallest absolute Gasteiger partial charge is 0.335 e. The van der Waals surface area contributed by atoms with Crippen molar-refractivity contribution < 1.29 is 14.8 Å². The van der Waals surface area contributed by atoms with Crippen LogP contribution in [0.2, 0.25) is 0 Å². The number of hydrogen-bond donors (Lipinski definition) is 2. The number of carboxylic acid groups (broad SMARTS) is 1. The molecule has 2 rings (SSSR count). The second-order valence-corrected chi connectivity index (χ2v) is 4.81. The fourth-order valence-electron chi connectivity index (χ4n) is 1.99. The van der Waals surface area contributed by atoms with Crippen molar-refractivity contribution in [2.45, 2.75) is 25.7 Å². The molecule has 1 aromatic rings. The Morgan fingerprint density at radius 3 is 2.79 bits per heavy atom. The summed E-state index contributed by atoms with van der Waals surface area (Å²) in [5.41, 5.74) is 0.118. The summed E-state index contributed by atoms with van der Waals surface area (Å²) in [6, 6.07) is 3.92. The summed E-state index contributed by atoms with van der Waals surface area (Å²) in [7, 11) is 0. The van der Waals surface area contributed by atoms with Crippen molar-refractivity contribution in [2.24, 2.45) is 5.92 Å². The van der Waals surface area contributed by atoms with Crippen LogP contribution in [0.25, 0.3) is 0 Å². The van der Waals surface area contributed by atoms with Gasteiger partial charge in [-0.25, -0.2) is 4.79 Å². The molecule has 1 aliphatic rings. The van der Waals surface area contributed by atoms with Crippen molar-refractivity contribution in [3.63, 3.8) is 0 Å². The van der Waals surface area contributed by atoms with Gasteiger partial charge in [-0.1, -0.05) is 12.8 Å². The van der Waals surface area contributed by atoms with E-state index in [0.29, 0.717) is 12.2 Å². The summed E-state index contributed by atoms with van der Waals surface area (Å²) in [6.45, 7) is 0.670. The second kappa shape index (κ2) is 5.69. The zero-order chi connectivity index (χ0) is 13.8. The normalized spacial score (nSPS) is 14.1. The van der Waals surface area contributed by atoms with Gasteiger partial charge in [-0.05, 0) is 30.9 Å². The molecule has 1 fully saturated rings. The number of nitro benzene ring substituents is 1. The Morgan fingerprint density at radius 2 is 2.21 bits per heavy atom. The SMILES string of the molecule is O=C(O)c1ccc(NCCCC2CC2)c([N+](=O)[O-])c1. The zero-order valence-electron chi connectivity index (χ0n) is 10.5. The summed E-state index contributed by atoms with van der Waals surface area (Å²) < 4.78 is 0. The van der Waals surface area contributed by atoms with Gasteiger partial charge in [-0.2, -0.15) is 0 Å². The molecule has 0 spiro atoms. The predicted molar refractivity (Wildman–Crippen MR) is 70.5 cm³/mol. The molecule has 0 aromatic heterocycles. The predicted octanol–water partition coefficient (Wildman–Crippen LogP) is 2.90. The van der Waals surface area contributed by atoms with Gasteiger partial charge in [0.25, 0.3) is 5.69 Å². The van der Waals surface area contributed by atoms with Crippen LogP contribution in [0, 0.1) is 16.0 Å². The van der Waals surface area contributed by atoms with Gasteiger partial charge in [0.2, 0.25) is 0 Å². The highest BCUT2D eigenvalue weighted by atomic mass is 16.6. The Hall–Kier alpha value is -2.11. The van der Waals surface area contributed by atoms with E-state index in [-0.39, 0.29) is 11.3 Å². The molecule has 0 bridgehead atoms. The number of aromatic carboxylic acids is 1. The third-order valence-electron chi connectivity index (χ3n) is 3.24. The van der Waals surface area contributed by atoms with Gasteiger partial charge in [-0.3, -0.25) is 10.1 Å². The standard InChI is InChI=1S/C13H16N2O4/c16-13(17)10-5-6-11(12(8-10)15(18)19)14-7-1-2-9-3-4-9/h5-6,8-9,14H,1-4,7H2,(H,16,17). The third kappa shape index (κ3) is 3.67. The fraction of sp³-hybridized carbons (Fsp3) is 0.462. The first-order valence-corrected chi connectivity index (χ1v) is 6.33. The van der Waals surface area contributed by atoms with Crippen LogP contribution in [0.15, 0.2) is 18.2 Å². The number of nitrogens with zero attached hydrogens (tertiary/aromatic N) is 1. The van der Waals surface area contributed by atoms with Crippen LogP contribution >= 0.6 is 0 Å². The Morgan fingerprint density at radius 1 is 1.47 bits per heavy atom. The lowest BCUT2D eigenvalue weighted by atomic mass is 10.1. The second-order valence-electron chi connectivity index (χ2n) is 4.81. The van der Waals surface area contributed by atoms with E-state index >= 15 is 0 Å². The van der Waals surface area contributed by atoms with E-state index in [1.807, 2.05) is 0 Å². The Balaban J connectivity index is 2.00. The van der Waals surface area contributed by atoms with E-state index in [0.717, 1.165) is 24.8 Å². The number of carboxylic acids is 1. The lowest BCUT2D eigenvalue weighted by Gasteiger charge is -2.07. The maximum Gasteiger partial charge on any atom is 0.335 e. The lowest BCUT2D eigenvalue weighted by molar-refractivity contribution is -0.384. The van der Waals surface area contributed by atoms with Crippen LogP contribution in [-0.2, 0) is 0 Å². The zero-order valence-corrected chi connectivity index (χ0v) is 10.5. The molecule has 0 heterocycles. The van der Waals surface area contributed by atoms with Crippen molar-refractivity contribution in [3.05, 3.63) is 33.9 Å². The van der Waals surface area contributed by atoms with Crippen LogP contribution in [0.3, 0.4) is 0 Å². The molecular weight excluding hydrogens is 248 g/mol. The van der Waals surface area contributed by atoms with Crippen molar-refractivity contribution in [1.29, 1.82) is 0 Å². The van der Waals surface area contributed by atoms with E-state index in [4.69, 9.17) is 5.11 Å². The van der Waals surface area contributed by atoms with Gasteiger partial charge in [-0.15, -0.1) is 0 Å². The van der Waals surface area contributed by atoms with Crippen LogP contribution in [0.4, 0.5) is 11.4 Å². The van der Waals surface area contributed by atoms with E-state index in [2.05, 4.69) is 5.32 Å². The Bertz CT molecular complexity index is 497. The summed E-state index contributed by atoms with van der Waals surface area (Å²) in [5.74, 6) is -0.324. The average molecular weight is 264 g/mol. The van der Waals surface area contributed by atoms with Crippen LogP contribution in [0.5, 0.6) is 0 Å². The third-order valence-corrected chi connectivity index (χ3v) is 3.24. The van der Waals surface area contributed by atoms with E-state index < -0.39 is 10.9 Å². The molecule has 0 atom stereocenters. The minimum absolute atomic E-state index is 0.0739. The lowest BCUT2D eigenvalue weighted by Crippen LogP contribution is -2.06. The molecule has 102 valence electrons. The molecule has 0 saturated heterocycles. The van der Waals surface area contributed by atoms with Crippen molar-refractivity contribution in [1.82, 2.24) is 0 Å². The molecule has 1 saturated carbocycles. The number of carbonyl (C=O) groups is 1. The minimum atomic E-state index is -1.16. The summed E-state index contributed by atoms with van der Waals surface area (Å²) in [6.07, 6.45) is 4.72. The molecule has 0 amide bonds.